The Bertz CT molecular complexity index is 336. The summed E-state index contributed by atoms with van der Waals surface area (Å²) in [4.78, 5) is 12.1. The van der Waals surface area contributed by atoms with E-state index in [0.29, 0.717) is 19.4 Å². The van der Waals surface area contributed by atoms with Crippen LogP contribution >= 0.6 is 0 Å². The van der Waals surface area contributed by atoms with Crippen molar-refractivity contribution >= 4 is 5.91 Å². The zero-order valence-electron chi connectivity index (χ0n) is 10.2. The number of carbonyl (C=O) groups is 1. The molecule has 0 aromatic rings. The Morgan fingerprint density at radius 1 is 1.24 bits per heavy atom. The van der Waals surface area contributed by atoms with E-state index in [2.05, 4.69) is 11.4 Å². The van der Waals surface area contributed by atoms with Crippen molar-refractivity contribution in [1.82, 2.24) is 5.32 Å². The van der Waals surface area contributed by atoms with E-state index in [1.807, 2.05) is 0 Å². The molecule has 17 heavy (non-hydrogen) atoms. The van der Waals surface area contributed by atoms with E-state index in [9.17, 15) is 15.2 Å². The first kappa shape index (κ1) is 12.4. The highest BCUT2D eigenvalue weighted by Gasteiger charge is 2.45. The molecular weight excluding hydrogens is 216 g/mol. The van der Waals surface area contributed by atoms with Crippen molar-refractivity contribution < 1.29 is 9.90 Å². The van der Waals surface area contributed by atoms with Crippen molar-refractivity contribution in [1.29, 1.82) is 5.26 Å². The van der Waals surface area contributed by atoms with E-state index in [1.54, 1.807) is 0 Å². The molecule has 2 N–H and O–H groups in total. The Balaban J connectivity index is 1.91. The molecule has 4 nitrogen and oxygen atoms in total. The number of carbonyl (C=O) groups excluding carboxylic acids is 1. The molecule has 0 saturated heterocycles. The van der Waals surface area contributed by atoms with Gasteiger partial charge in [0.05, 0.1) is 12.7 Å². The average molecular weight is 236 g/mol. The molecule has 2 rings (SSSR count). The minimum atomic E-state index is -0.802. The smallest absolute Gasteiger partial charge is 0.240 e. The fourth-order valence-electron chi connectivity index (χ4n) is 2.55. The van der Waals surface area contributed by atoms with Gasteiger partial charge in [-0.15, -0.1) is 0 Å². The summed E-state index contributed by atoms with van der Waals surface area (Å²) in [7, 11) is 0. The second kappa shape index (κ2) is 4.66. The summed E-state index contributed by atoms with van der Waals surface area (Å²) < 4.78 is 0. The van der Waals surface area contributed by atoms with E-state index in [0.717, 1.165) is 32.1 Å². The highest BCUT2D eigenvalue weighted by Crippen LogP contribution is 2.44. The molecule has 0 aliphatic heterocycles. The highest BCUT2D eigenvalue weighted by molar-refractivity contribution is 5.85. The van der Waals surface area contributed by atoms with Crippen LogP contribution < -0.4 is 5.32 Å². The van der Waals surface area contributed by atoms with Crippen molar-refractivity contribution in [3.63, 3.8) is 0 Å². The predicted octanol–water partition coefficient (Wildman–Crippen LogP) is 1.35. The molecule has 2 aliphatic rings. The molecule has 1 amide bonds. The molecule has 94 valence electrons. The minimum absolute atomic E-state index is 0.0824. The fraction of sp³-hybridized carbons (Fsp3) is 0.846. The number of aliphatic hydroxyl groups excluding tert-OH is 1. The lowest BCUT2D eigenvalue weighted by atomic mass is 9.74. The Morgan fingerprint density at radius 2 is 1.88 bits per heavy atom. The van der Waals surface area contributed by atoms with Gasteiger partial charge in [0.2, 0.25) is 5.91 Å². The van der Waals surface area contributed by atoms with Crippen LogP contribution in [0.2, 0.25) is 0 Å². The van der Waals surface area contributed by atoms with Crippen LogP contribution in [0.3, 0.4) is 0 Å². The normalized spacial score (nSPS) is 24.7. The van der Waals surface area contributed by atoms with Crippen LogP contribution in [0.15, 0.2) is 0 Å². The van der Waals surface area contributed by atoms with E-state index < -0.39 is 5.41 Å². The average Bonchev–Trinajstić information content (AvgIpc) is 3.17. The van der Waals surface area contributed by atoms with E-state index in [4.69, 9.17) is 0 Å². The van der Waals surface area contributed by atoms with Crippen molar-refractivity contribution in [3.8, 4) is 6.07 Å². The lowest BCUT2D eigenvalue weighted by Gasteiger charge is -2.29. The maximum atomic E-state index is 12.1. The highest BCUT2D eigenvalue weighted by atomic mass is 16.3. The fourth-order valence-corrected chi connectivity index (χ4v) is 2.55. The lowest BCUT2D eigenvalue weighted by molar-refractivity contribution is -0.129. The van der Waals surface area contributed by atoms with Crippen LogP contribution in [-0.2, 0) is 4.79 Å². The molecular formula is C13H20N2O2. The van der Waals surface area contributed by atoms with Gasteiger partial charge in [-0.1, -0.05) is 19.3 Å². The molecule has 0 atom stereocenters. The molecule has 0 heterocycles. The van der Waals surface area contributed by atoms with Crippen LogP contribution in [0.25, 0.3) is 0 Å². The largest absolute Gasteiger partial charge is 0.396 e. The second-order valence-corrected chi connectivity index (χ2v) is 5.60. The van der Waals surface area contributed by atoms with Crippen molar-refractivity contribution in [2.24, 2.45) is 10.8 Å². The monoisotopic (exact) mass is 236 g/mol. The summed E-state index contributed by atoms with van der Waals surface area (Å²) >= 11 is 0. The van der Waals surface area contributed by atoms with Crippen LogP contribution in [0.4, 0.5) is 0 Å². The number of hydrogen-bond donors (Lipinski definition) is 2. The molecule has 0 bridgehead atoms. The Labute approximate surface area is 102 Å². The number of rotatable bonds is 4. The standard InChI is InChI=1S/C13H20N2O2/c14-8-13(4-2-1-3-5-13)11(17)15-9-12(10-16)6-7-12/h16H,1-7,9-10H2,(H,15,17). The van der Waals surface area contributed by atoms with Crippen molar-refractivity contribution in [2.75, 3.05) is 13.2 Å². The van der Waals surface area contributed by atoms with Crippen LogP contribution in [0.5, 0.6) is 0 Å². The number of nitrogens with one attached hydrogen (secondary N) is 1. The van der Waals surface area contributed by atoms with Gasteiger partial charge in [-0.2, -0.15) is 5.26 Å². The number of nitriles is 1. The Hall–Kier alpha value is -1.08. The number of nitrogens with zero attached hydrogens (tertiary/aromatic N) is 1. The Morgan fingerprint density at radius 3 is 2.35 bits per heavy atom. The van der Waals surface area contributed by atoms with Crippen LogP contribution in [0.1, 0.15) is 44.9 Å². The van der Waals surface area contributed by atoms with E-state index in [1.165, 1.54) is 0 Å². The summed E-state index contributed by atoms with van der Waals surface area (Å²) in [6.45, 7) is 0.651. The predicted molar refractivity (Wildman–Crippen MR) is 62.9 cm³/mol. The van der Waals surface area contributed by atoms with Crippen molar-refractivity contribution in [3.05, 3.63) is 0 Å². The molecule has 0 aromatic heterocycles. The van der Waals surface area contributed by atoms with Crippen LogP contribution in [-0.4, -0.2) is 24.2 Å². The summed E-state index contributed by atoms with van der Waals surface area (Å²) in [6.07, 6.45) is 6.37. The van der Waals surface area contributed by atoms with Gasteiger partial charge in [0.15, 0.2) is 0 Å². The zero-order valence-corrected chi connectivity index (χ0v) is 10.2. The van der Waals surface area contributed by atoms with Gasteiger partial charge in [0, 0.05) is 12.0 Å². The summed E-state index contributed by atoms with van der Waals surface area (Å²) in [5.41, 5.74) is -0.884. The van der Waals surface area contributed by atoms with E-state index >= 15 is 0 Å². The second-order valence-electron chi connectivity index (χ2n) is 5.60. The third-order valence-corrected chi connectivity index (χ3v) is 4.27. The molecule has 2 saturated carbocycles. The third kappa shape index (κ3) is 2.44. The molecule has 0 spiro atoms. The molecule has 2 aliphatic carbocycles. The van der Waals surface area contributed by atoms with Crippen molar-refractivity contribution in [2.45, 2.75) is 44.9 Å². The van der Waals surface area contributed by atoms with Gasteiger partial charge in [0.25, 0.3) is 0 Å². The van der Waals surface area contributed by atoms with Crippen LogP contribution in [0, 0.1) is 22.2 Å². The first-order valence-corrected chi connectivity index (χ1v) is 6.47. The molecule has 0 aromatic carbocycles. The topological polar surface area (TPSA) is 73.1 Å². The molecule has 0 unspecified atom stereocenters. The maximum Gasteiger partial charge on any atom is 0.240 e. The number of aliphatic hydroxyl groups is 1. The number of hydrogen-bond acceptors (Lipinski definition) is 3. The SMILES string of the molecule is N#CC1(C(=O)NCC2(CO)CC2)CCCCC1. The molecule has 2 fully saturated rings. The first-order chi connectivity index (χ1) is 8.16. The first-order valence-electron chi connectivity index (χ1n) is 6.47. The summed E-state index contributed by atoms with van der Waals surface area (Å²) in [5, 5.41) is 21.3. The third-order valence-electron chi connectivity index (χ3n) is 4.27. The summed E-state index contributed by atoms with van der Waals surface area (Å²) in [5.74, 6) is -0.126. The quantitative estimate of drug-likeness (QED) is 0.773. The molecule has 4 heteroatoms. The lowest BCUT2D eigenvalue weighted by Crippen LogP contribution is -2.44. The van der Waals surface area contributed by atoms with E-state index in [-0.39, 0.29) is 17.9 Å². The summed E-state index contributed by atoms with van der Waals surface area (Å²) in [6, 6.07) is 2.22. The van der Waals surface area contributed by atoms with Gasteiger partial charge in [-0.05, 0) is 25.7 Å². The minimum Gasteiger partial charge on any atom is -0.396 e. The zero-order chi connectivity index (χ0) is 12.4. The van der Waals surface area contributed by atoms with Gasteiger partial charge in [0.1, 0.15) is 5.41 Å². The maximum absolute atomic E-state index is 12.1. The van der Waals surface area contributed by atoms with Gasteiger partial charge in [-0.3, -0.25) is 4.79 Å². The number of amides is 1. The van der Waals surface area contributed by atoms with Gasteiger partial charge < -0.3 is 10.4 Å². The van der Waals surface area contributed by atoms with Gasteiger partial charge >= 0.3 is 0 Å². The molecule has 0 radical (unpaired) electrons. The van der Waals surface area contributed by atoms with Gasteiger partial charge in [-0.25, -0.2) is 0 Å². The Kier molecular flexibility index (Phi) is 3.39.